The van der Waals surface area contributed by atoms with E-state index in [1.165, 1.54) is 24.3 Å². The number of hydrogen-bond donors (Lipinski definition) is 0. The number of hydrogen-bond acceptors (Lipinski definition) is 4. The van der Waals surface area contributed by atoms with Crippen molar-refractivity contribution in [3.05, 3.63) is 35.9 Å². The second-order valence-electron chi connectivity index (χ2n) is 2.58. The van der Waals surface area contributed by atoms with Crippen molar-refractivity contribution in [1.29, 1.82) is 0 Å². The second-order valence-corrected chi connectivity index (χ2v) is 7.49. The van der Waals surface area contributed by atoms with Crippen LogP contribution in [0.25, 0.3) is 0 Å². The highest BCUT2D eigenvalue weighted by Crippen LogP contribution is 2.12. The lowest BCUT2D eigenvalue weighted by atomic mass is 10.2. The fourth-order valence-corrected chi connectivity index (χ4v) is 2.42. The minimum atomic E-state index is -5.53. The molecular formula is C7H7FO4S2. The monoisotopic (exact) mass is 238 g/mol. The van der Waals surface area contributed by atoms with Gasteiger partial charge < -0.3 is 0 Å². The molecule has 0 atom stereocenters. The van der Waals surface area contributed by atoms with E-state index in [4.69, 9.17) is 0 Å². The van der Waals surface area contributed by atoms with Crippen molar-refractivity contribution < 1.29 is 20.7 Å². The minimum Gasteiger partial charge on any atom is -0.210 e. The molecule has 14 heavy (non-hydrogen) atoms. The molecule has 0 fully saturated rings. The van der Waals surface area contributed by atoms with E-state index in [0.717, 1.165) is 0 Å². The molecule has 78 valence electrons. The Balaban J connectivity index is 3.03. The zero-order valence-electron chi connectivity index (χ0n) is 6.92. The Hall–Kier alpha value is -0.950. The van der Waals surface area contributed by atoms with Crippen molar-refractivity contribution in [3.8, 4) is 0 Å². The lowest BCUT2D eigenvalue weighted by molar-refractivity contribution is 0.552. The zero-order chi connectivity index (χ0) is 10.8. The lowest BCUT2D eigenvalue weighted by Crippen LogP contribution is -2.12. The average molecular weight is 238 g/mol. The first-order valence-corrected chi connectivity index (χ1v) is 7.09. The maximum atomic E-state index is 12.2. The van der Waals surface area contributed by atoms with Crippen LogP contribution >= 0.6 is 0 Å². The SMILES string of the molecule is O=S(=O)(F)S(=O)(=O)Cc1ccccc1. The molecule has 0 radical (unpaired) electrons. The molecule has 0 bridgehead atoms. The zero-order valence-corrected chi connectivity index (χ0v) is 8.55. The van der Waals surface area contributed by atoms with E-state index in [0.29, 0.717) is 0 Å². The molecule has 4 nitrogen and oxygen atoms in total. The van der Waals surface area contributed by atoms with Gasteiger partial charge in [-0.15, -0.1) is 0 Å². The summed E-state index contributed by atoms with van der Waals surface area (Å²) in [4.78, 5) is 0. The van der Waals surface area contributed by atoms with Crippen LogP contribution in [0, 0.1) is 0 Å². The number of halogens is 1. The summed E-state index contributed by atoms with van der Waals surface area (Å²) >= 11 is 0. The number of benzene rings is 1. The minimum absolute atomic E-state index is 0.230. The van der Waals surface area contributed by atoms with E-state index in [9.17, 15) is 20.7 Å². The lowest BCUT2D eigenvalue weighted by Gasteiger charge is -1.98. The van der Waals surface area contributed by atoms with Crippen LogP contribution in [-0.4, -0.2) is 16.8 Å². The molecule has 0 heterocycles. The summed E-state index contributed by atoms with van der Waals surface area (Å²) in [5, 5.41) is 0. The molecule has 0 spiro atoms. The largest absolute Gasteiger partial charge is 0.411 e. The highest BCUT2D eigenvalue weighted by Gasteiger charge is 2.29. The standard InChI is InChI=1S/C7H7FO4S2/c8-14(11,12)13(9,10)6-7-4-2-1-3-5-7/h1-5H,6H2. The molecular weight excluding hydrogens is 231 g/mol. The third kappa shape index (κ3) is 2.52. The normalized spacial score (nSPS) is 12.6. The van der Waals surface area contributed by atoms with Gasteiger partial charge >= 0.3 is 9.26 Å². The van der Waals surface area contributed by atoms with Crippen molar-refractivity contribution in [2.75, 3.05) is 0 Å². The van der Waals surface area contributed by atoms with Crippen molar-refractivity contribution in [1.82, 2.24) is 0 Å². The first-order valence-electron chi connectivity index (χ1n) is 3.54. The van der Waals surface area contributed by atoms with Gasteiger partial charge in [0.15, 0.2) is 0 Å². The quantitative estimate of drug-likeness (QED) is 0.577. The van der Waals surface area contributed by atoms with Crippen molar-refractivity contribution >= 4 is 18.1 Å². The molecule has 0 aromatic heterocycles. The third-order valence-electron chi connectivity index (χ3n) is 1.49. The topological polar surface area (TPSA) is 68.3 Å². The summed E-state index contributed by atoms with van der Waals surface area (Å²) < 4.78 is 54.4. The predicted molar refractivity (Wildman–Crippen MR) is 49.1 cm³/mol. The summed E-state index contributed by atoms with van der Waals surface area (Å²) in [7, 11) is -10.3. The maximum absolute atomic E-state index is 12.2. The molecule has 0 unspecified atom stereocenters. The van der Waals surface area contributed by atoms with E-state index in [-0.39, 0.29) is 5.56 Å². The molecule has 0 N–H and O–H groups in total. The maximum Gasteiger partial charge on any atom is 0.411 e. The van der Waals surface area contributed by atoms with Gasteiger partial charge in [0.1, 0.15) is 0 Å². The van der Waals surface area contributed by atoms with Crippen LogP contribution in [0.15, 0.2) is 30.3 Å². The van der Waals surface area contributed by atoms with Gasteiger partial charge in [-0.05, 0) is 5.56 Å². The van der Waals surface area contributed by atoms with Gasteiger partial charge in [0.05, 0.1) is 5.75 Å². The molecule has 0 aliphatic rings. The van der Waals surface area contributed by atoms with Crippen LogP contribution in [-0.2, 0) is 23.9 Å². The number of rotatable bonds is 3. The van der Waals surface area contributed by atoms with Gasteiger partial charge in [-0.25, -0.2) is 8.42 Å². The van der Waals surface area contributed by atoms with Crippen LogP contribution in [0.5, 0.6) is 0 Å². The molecule has 0 saturated heterocycles. The van der Waals surface area contributed by atoms with Crippen molar-refractivity contribution in [3.63, 3.8) is 0 Å². The molecule has 1 aromatic carbocycles. The fourth-order valence-electron chi connectivity index (χ4n) is 0.849. The van der Waals surface area contributed by atoms with E-state index < -0.39 is 23.9 Å². The van der Waals surface area contributed by atoms with Crippen molar-refractivity contribution in [2.24, 2.45) is 0 Å². The Labute approximate surface area is 80.9 Å². The third-order valence-corrected chi connectivity index (χ3v) is 4.96. The average Bonchev–Trinajstić information content (AvgIpc) is 2.03. The Kier molecular flexibility index (Phi) is 2.91. The Morgan fingerprint density at radius 3 is 1.93 bits per heavy atom. The van der Waals surface area contributed by atoms with Gasteiger partial charge in [-0.1, -0.05) is 34.2 Å². The van der Waals surface area contributed by atoms with E-state index in [1.54, 1.807) is 6.07 Å². The molecule has 1 aromatic rings. The first kappa shape index (κ1) is 11.1. The first-order chi connectivity index (χ1) is 6.33. The van der Waals surface area contributed by atoms with Gasteiger partial charge in [0.25, 0.3) is 8.87 Å². The molecule has 1 rings (SSSR count). The Bertz CT molecular complexity index is 504. The van der Waals surface area contributed by atoms with Crippen LogP contribution < -0.4 is 0 Å². The van der Waals surface area contributed by atoms with Gasteiger partial charge in [0.2, 0.25) is 0 Å². The van der Waals surface area contributed by atoms with Gasteiger partial charge in [0, 0.05) is 0 Å². The second kappa shape index (κ2) is 3.66. The van der Waals surface area contributed by atoms with E-state index in [1.807, 2.05) is 0 Å². The summed E-state index contributed by atoms with van der Waals surface area (Å²) in [6.07, 6.45) is 0. The highest BCUT2D eigenvalue weighted by molar-refractivity contribution is 8.64. The summed E-state index contributed by atoms with van der Waals surface area (Å²) in [5.74, 6) is -0.841. The molecule has 7 heteroatoms. The van der Waals surface area contributed by atoms with Gasteiger partial charge in [-0.3, -0.25) is 0 Å². The summed E-state index contributed by atoms with van der Waals surface area (Å²) in [6, 6.07) is 7.52. The van der Waals surface area contributed by atoms with E-state index in [2.05, 4.69) is 0 Å². The van der Waals surface area contributed by atoms with Crippen molar-refractivity contribution in [2.45, 2.75) is 5.75 Å². The Morgan fingerprint density at radius 2 is 1.50 bits per heavy atom. The molecule has 0 aliphatic carbocycles. The van der Waals surface area contributed by atoms with Crippen LogP contribution in [0.3, 0.4) is 0 Å². The van der Waals surface area contributed by atoms with E-state index >= 15 is 0 Å². The van der Waals surface area contributed by atoms with Crippen LogP contribution in [0.1, 0.15) is 5.56 Å². The van der Waals surface area contributed by atoms with Crippen LogP contribution in [0.4, 0.5) is 3.89 Å². The highest BCUT2D eigenvalue weighted by atomic mass is 33.2. The van der Waals surface area contributed by atoms with Crippen LogP contribution in [0.2, 0.25) is 0 Å². The summed E-state index contributed by atoms with van der Waals surface area (Å²) in [5.41, 5.74) is 0.230. The fraction of sp³-hybridized carbons (Fsp3) is 0.143. The van der Waals surface area contributed by atoms with Gasteiger partial charge in [-0.2, -0.15) is 8.42 Å². The molecule has 0 amide bonds. The Morgan fingerprint density at radius 1 is 1.00 bits per heavy atom. The summed E-state index contributed by atoms with van der Waals surface area (Å²) in [6.45, 7) is 0. The smallest absolute Gasteiger partial charge is 0.210 e. The predicted octanol–water partition coefficient (Wildman–Crippen LogP) is 0.816. The molecule has 0 saturated carbocycles. The molecule has 0 aliphatic heterocycles.